The quantitative estimate of drug-likeness (QED) is 0.814. The standard InChI is InChI=1S/C17H21FN4O4/c1-17(2,3)26-16(24)20-8-6-14-21-10-13(25-14)15(23)22-9-12-11(18)5-4-7-19-12/h4-5,7,10H,6,8-9H2,1-3H3,(H,20,24)(H,22,23). The van der Waals surface area contributed by atoms with Gasteiger partial charge < -0.3 is 19.8 Å². The summed E-state index contributed by atoms with van der Waals surface area (Å²) in [6, 6.07) is 2.73. The van der Waals surface area contributed by atoms with Gasteiger partial charge in [0.15, 0.2) is 5.89 Å². The van der Waals surface area contributed by atoms with E-state index < -0.39 is 23.4 Å². The van der Waals surface area contributed by atoms with E-state index in [2.05, 4.69) is 20.6 Å². The maximum Gasteiger partial charge on any atom is 0.407 e. The van der Waals surface area contributed by atoms with Crippen LogP contribution in [-0.4, -0.2) is 34.1 Å². The summed E-state index contributed by atoms with van der Waals surface area (Å²) in [6.07, 6.45) is 2.46. The van der Waals surface area contributed by atoms with Crippen LogP contribution in [0.1, 0.15) is 42.9 Å². The number of pyridine rings is 1. The van der Waals surface area contributed by atoms with Crippen molar-refractivity contribution in [3.05, 3.63) is 47.7 Å². The number of oxazole rings is 1. The largest absolute Gasteiger partial charge is 0.444 e. The molecule has 0 saturated carbocycles. The topological polar surface area (TPSA) is 106 Å². The number of hydrogen-bond donors (Lipinski definition) is 2. The maximum atomic E-state index is 13.5. The first-order chi connectivity index (χ1) is 12.2. The van der Waals surface area contributed by atoms with E-state index in [4.69, 9.17) is 9.15 Å². The molecule has 0 spiro atoms. The summed E-state index contributed by atoms with van der Waals surface area (Å²) in [5.41, 5.74) is -0.451. The Hall–Kier alpha value is -2.97. The van der Waals surface area contributed by atoms with Crippen LogP contribution in [0.15, 0.2) is 28.9 Å². The van der Waals surface area contributed by atoms with Crippen molar-refractivity contribution in [2.75, 3.05) is 6.54 Å². The van der Waals surface area contributed by atoms with Gasteiger partial charge in [0.25, 0.3) is 5.91 Å². The summed E-state index contributed by atoms with van der Waals surface area (Å²) in [4.78, 5) is 31.3. The highest BCUT2D eigenvalue weighted by atomic mass is 19.1. The van der Waals surface area contributed by atoms with Gasteiger partial charge in [-0.15, -0.1) is 0 Å². The average Bonchev–Trinajstić information content (AvgIpc) is 3.01. The lowest BCUT2D eigenvalue weighted by molar-refractivity contribution is 0.0527. The van der Waals surface area contributed by atoms with Crippen LogP contribution in [0.3, 0.4) is 0 Å². The van der Waals surface area contributed by atoms with Crippen LogP contribution in [0.5, 0.6) is 0 Å². The van der Waals surface area contributed by atoms with Crippen LogP contribution >= 0.6 is 0 Å². The lowest BCUT2D eigenvalue weighted by Gasteiger charge is -2.19. The van der Waals surface area contributed by atoms with Crippen molar-refractivity contribution in [1.29, 1.82) is 0 Å². The Morgan fingerprint density at radius 1 is 1.27 bits per heavy atom. The molecule has 0 bridgehead atoms. The van der Waals surface area contributed by atoms with Crippen molar-refractivity contribution in [3.63, 3.8) is 0 Å². The van der Waals surface area contributed by atoms with Gasteiger partial charge in [-0.05, 0) is 32.9 Å². The van der Waals surface area contributed by atoms with Crippen molar-refractivity contribution < 1.29 is 23.1 Å². The Kier molecular flexibility index (Phi) is 6.26. The van der Waals surface area contributed by atoms with Crippen LogP contribution in [0, 0.1) is 5.82 Å². The molecule has 9 heteroatoms. The number of halogens is 1. The Bertz CT molecular complexity index is 770. The molecule has 2 amide bonds. The van der Waals surface area contributed by atoms with Gasteiger partial charge in [-0.3, -0.25) is 9.78 Å². The number of rotatable bonds is 6. The van der Waals surface area contributed by atoms with Crippen molar-refractivity contribution >= 4 is 12.0 Å². The van der Waals surface area contributed by atoms with Gasteiger partial charge in [0.1, 0.15) is 11.4 Å². The van der Waals surface area contributed by atoms with Gasteiger partial charge in [0, 0.05) is 19.2 Å². The first-order valence-corrected chi connectivity index (χ1v) is 8.04. The van der Waals surface area contributed by atoms with Crippen LogP contribution in [0.25, 0.3) is 0 Å². The fraction of sp³-hybridized carbons (Fsp3) is 0.412. The third-order valence-corrected chi connectivity index (χ3v) is 3.04. The molecule has 140 valence electrons. The van der Waals surface area contributed by atoms with E-state index in [0.717, 1.165) is 0 Å². The number of alkyl carbamates (subject to hydrolysis) is 1. The number of carbonyl (C=O) groups is 2. The van der Waals surface area contributed by atoms with Gasteiger partial charge in [0.05, 0.1) is 18.4 Å². The number of carbonyl (C=O) groups excluding carboxylic acids is 2. The second-order valence-electron chi connectivity index (χ2n) is 6.41. The summed E-state index contributed by atoms with van der Waals surface area (Å²) < 4.78 is 23.9. The first-order valence-electron chi connectivity index (χ1n) is 8.04. The molecule has 2 aromatic heterocycles. The van der Waals surface area contributed by atoms with Crippen LogP contribution in [0.2, 0.25) is 0 Å². The lowest BCUT2D eigenvalue weighted by atomic mass is 10.2. The Balaban J connectivity index is 1.79. The van der Waals surface area contributed by atoms with Crippen LogP contribution in [0.4, 0.5) is 9.18 Å². The van der Waals surface area contributed by atoms with Crippen molar-refractivity contribution in [3.8, 4) is 0 Å². The Labute approximate surface area is 150 Å². The van der Waals surface area contributed by atoms with Crippen molar-refractivity contribution in [2.45, 2.75) is 39.3 Å². The molecule has 26 heavy (non-hydrogen) atoms. The van der Waals surface area contributed by atoms with E-state index in [1.165, 1.54) is 24.5 Å². The first kappa shape index (κ1) is 19.4. The van der Waals surface area contributed by atoms with Crippen molar-refractivity contribution in [1.82, 2.24) is 20.6 Å². The minimum absolute atomic E-state index is 0.00592. The second kappa shape index (κ2) is 8.41. The molecular formula is C17H21FN4O4. The average molecular weight is 364 g/mol. The predicted molar refractivity (Wildman–Crippen MR) is 89.8 cm³/mol. The minimum atomic E-state index is -0.578. The molecule has 0 radical (unpaired) electrons. The fourth-order valence-electron chi connectivity index (χ4n) is 1.92. The lowest BCUT2D eigenvalue weighted by Crippen LogP contribution is -2.33. The zero-order valence-electron chi connectivity index (χ0n) is 14.8. The van der Waals surface area contributed by atoms with Gasteiger partial charge in [0.2, 0.25) is 5.76 Å². The van der Waals surface area contributed by atoms with E-state index >= 15 is 0 Å². The van der Waals surface area contributed by atoms with Gasteiger partial charge in [-0.25, -0.2) is 14.2 Å². The molecule has 2 N–H and O–H groups in total. The van der Waals surface area contributed by atoms with Crippen LogP contribution < -0.4 is 10.6 Å². The molecule has 0 aliphatic heterocycles. The van der Waals surface area contributed by atoms with E-state index in [1.54, 1.807) is 20.8 Å². The third kappa shape index (κ3) is 6.15. The molecule has 0 aromatic carbocycles. The molecule has 0 saturated heterocycles. The monoisotopic (exact) mass is 364 g/mol. The summed E-state index contributed by atoms with van der Waals surface area (Å²) >= 11 is 0. The minimum Gasteiger partial charge on any atom is -0.444 e. The predicted octanol–water partition coefficient (Wildman–Crippen LogP) is 2.21. The number of nitrogens with one attached hydrogen (secondary N) is 2. The molecule has 0 atom stereocenters. The zero-order chi connectivity index (χ0) is 19.2. The number of aromatic nitrogens is 2. The molecule has 8 nitrogen and oxygen atoms in total. The van der Waals surface area contributed by atoms with Gasteiger partial charge in [-0.1, -0.05) is 0 Å². The summed E-state index contributed by atoms with van der Waals surface area (Å²) in [6.45, 7) is 5.48. The van der Waals surface area contributed by atoms with E-state index in [0.29, 0.717) is 6.42 Å². The highest BCUT2D eigenvalue weighted by Gasteiger charge is 2.17. The van der Waals surface area contributed by atoms with E-state index in [9.17, 15) is 14.0 Å². The van der Waals surface area contributed by atoms with E-state index in [-0.39, 0.29) is 30.4 Å². The highest BCUT2D eigenvalue weighted by molar-refractivity contribution is 5.91. The molecule has 0 unspecified atom stereocenters. The highest BCUT2D eigenvalue weighted by Crippen LogP contribution is 2.08. The fourth-order valence-corrected chi connectivity index (χ4v) is 1.92. The zero-order valence-corrected chi connectivity index (χ0v) is 14.8. The smallest absolute Gasteiger partial charge is 0.407 e. The number of hydrogen-bond acceptors (Lipinski definition) is 6. The molecule has 0 aliphatic rings. The normalized spacial score (nSPS) is 11.1. The number of ether oxygens (including phenoxy) is 1. The molecular weight excluding hydrogens is 343 g/mol. The molecule has 0 fully saturated rings. The summed E-state index contributed by atoms with van der Waals surface area (Å²) in [5.74, 6) is -0.753. The molecule has 0 aliphatic carbocycles. The Morgan fingerprint density at radius 3 is 2.73 bits per heavy atom. The van der Waals surface area contributed by atoms with Gasteiger partial charge in [-0.2, -0.15) is 0 Å². The number of nitrogens with zero attached hydrogens (tertiary/aromatic N) is 2. The molecule has 2 heterocycles. The third-order valence-electron chi connectivity index (χ3n) is 3.04. The second-order valence-corrected chi connectivity index (χ2v) is 6.41. The Morgan fingerprint density at radius 2 is 2.04 bits per heavy atom. The van der Waals surface area contributed by atoms with Gasteiger partial charge >= 0.3 is 6.09 Å². The summed E-state index contributed by atoms with van der Waals surface area (Å²) in [5, 5.41) is 5.07. The van der Waals surface area contributed by atoms with Crippen LogP contribution in [-0.2, 0) is 17.7 Å². The van der Waals surface area contributed by atoms with E-state index in [1.807, 2.05) is 0 Å². The summed E-state index contributed by atoms with van der Waals surface area (Å²) in [7, 11) is 0. The number of amides is 2. The molecule has 2 aromatic rings. The van der Waals surface area contributed by atoms with Crippen molar-refractivity contribution in [2.24, 2.45) is 0 Å². The SMILES string of the molecule is CC(C)(C)OC(=O)NCCc1ncc(C(=O)NCc2ncccc2F)o1. The maximum absolute atomic E-state index is 13.5. The molecule has 2 rings (SSSR count).